The van der Waals surface area contributed by atoms with E-state index in [9.17, 15) is 4.79 Å². The lowest BCUT2D eigenvalue weighted by atomic mass is 10.1. The number of halogens is 1. The Balaban J connectivity index is 1.19. The molecule has 0 radical (unpaired) electrons. The van der Waals surface area contributed by atoms with E-state index in [1.807, 2.05) is 37.3 Å². The Morgan fingerprint density at radius 1 is 1.15 bits per heavy atom. The molecular formula is C24H25ClN6O2. The quantitative estimate of drug-likeness (QED) is 0.569. The van der Waals surface area contributed by atoms with Crippen molar-refractivity contribution in [2.45, 2.75) is 19.9 Å². The molecule has 8 nitrogen and oxygen atoms in total. The van der Waals surface area contributed by atoms with E-state index in [2.05, 4.69) is 25.3 Å². The van der Waals surface area contributed by atoms with Gasteiger partial charge in [0.25, 0.3) is 0 Å². The summed E-state index contributed by atoms with van der Waals surface area (Å²) >= 11 is 6.02. The van der Waals surface area contributed by atoms with Gasteiger partial charge in [0.2, 0.25) is 17.6 Å². The van der Waals surface area contributed by atoms with Crippen molar-refractivity contribution in [1.82, 2.24) is 19.9 Å². The van der Waals surface area contributed by atoms with Crippen molar-refractivity contribution >= 4 is 23.2 Å². The molecule has 4 rings (SSSR count). The maximum Gasteiger partial charge on any atom is 0.241 e. The first-order chi connectivity index (χ1) is 16.0. The normalized spacial score (nSPS) is 14.7. The summed E-state index contributed by atoms with van der Waals surface area (Å²) in [4.78, 5) is 21.4. The zero-order valence-electron chi connectivity index (χ0n) is 18.4. The molecule has 0 unspecified atom stereocenters. The van der Waals surface area contributed by atoms with Gasteiger partial charge in [0.1, 0.15) is 6.07 Å². The summed E-state index contributed by atoms with van der Waals surface area (Å²) in [7, 11) is 0. The van der Waals surface area contributed by atoms with Crippen LogP contribution in [0.5, 0.6) is 0 Å². The molecule has 2 aromatic carbocycles. The fraction of sp³-hybridized carbons (Fsp3) is 0.333. The number of hydrogen-bond acceptors (Lipinski definition) is 7. The summed E-state index contributed by atoms with van der Waals surface area (Å²) in [5.74, 6) is 1.14. The number of aryl methyl sites for hydroxylation is 1. The second-order valence-corrected chi connectivity index (χ2v) is 8.51. The standard InChI is InChI=1S/C24H25ClN6O2/c1-17-2-4-18(5-3-17)24-28-23(33-29-24)16-31-12-10-30(11-13-31)9-8-22(32)27-20-7-6-19(15-26)21(25)14-20/h2-7,14H,8-13,16H2,1H3,(H,27,32). The highest BCUT2D eigenvalue weighted by Gasteiger charge is 2.20. The number of nitrogens with zero attached hydrogens (tertiary/aromatic N) is 5. The minimum Gasteiger partial charge on any atom is -0.338 e. The van der Waals surface area contributed by atoms with E-state index in [1.165, 1.54) is 5.56 Å². The number of amides is 1. The number of nitriles is 1. The van der Waals surface area contributed by atoms with Gasteiger partial charge in [0.15, 0.2) is 0 Å². The molecule has 1 amide bonds. The SMILES string of the molecule is Cc1ccc(-c2noc(CN3CCN(CCC(=O)Nc4ccc(C#N)c(Cl)c4)CC3)n2)cc1. The third kappa shape index (κ3) is 6.17. The van der Waals surface area contributed by atoms with Gasteiger partial charge in [-0.3, -0.25) is 9.69 Å². The van der Waals surface area contributed by atoms with Crippen LogP contribution >= 0.6 is 11.6 Å². The van der Waals surface area contributed by atoms with Crippen molar-refractivity contribution in [2.24, 2.45) is 0 Å². The van der Waals surface area contributed by atoms with Crippen LogP contribution in [0.2, 0.25) is 5.02 Å². The second kappa shape index (κ2) is 10.6. The molecular weight excluding hydrogens is 440 g/mol. The molecule has 2 heterocycles. The largest absolute Gasteiger partial charge is 0.338 e. The molecule has 3 aromatic rings. The van der Waals surface area contributed by atoms with E-state index >= 15 is 0 Å². The number of rotatable bonds is 7. The number of carbonyl (C=O) groups is 1. The first kappa shape index (κ1) is 22.9. The maximum absolute atomic E-state index is 12.3. The van der Waals surface area contributed by atoms with Crippen molar-refractivity contribution in [2.75, 3.05) is 38.0 Å². The molecule has 0 bridgehead atoms. The maximum atomic E-state index is 12.3. The lowest BCUT2D eigenvalue weighted by molar-refractivity contribution is -0.116. The monoisotopic (exact) mass is 464 g/mol. The molecule has 0 spiro atoms. The van der Waals surface area contributed by atoms with E-state index in [0.717, 1.165) is 31.7 Å². The topological polar surface area (TPSA) is 98.3 Å². The fourth-order valence-corrected chi connectivity index (χ4v) is 3.89. The van der Waals surface area contributed by atoms with Gasteiger partial charge in [-0.25, -0.2) is 0 Å². The van der Waals surface area contributed by atoms with Crippen molar-refractivity contribution in [1.29, 1.82) is 5.26 Å². The van der Waals surface area contributed by atoms with E-state index in [4.69, 9.17) is 21.4 Å². The molecule has 1 aromatic heterocycles. The number of nitrogens with one attached hydrogen (secondary N) is 1. The number of carbonyl (C=O) groups excluding carboxylic acids is 1. The molecule has 1 N–H and O–H groups in total. The number of anilines is 1. The molecule has 33 heavy (non-hydrogen) atoms. The first-order valence-electron chi connectivity index (χ1n) is 10.8. The Morgan fingerprint density at radius 3 is 2.58 bits per heavy atom. The van der Waals surface area contributed by atoms with Crippen LogP contribution in [0.15, 0.2) is 47.0 Å². The van der Waals surface area contributed by atoms with Crippen LogP contribution < -0.4 is 5.32 Å². The summed E-state index contributed by atoms with van der Waals surface area (Å²) in [5.41, 5.74) is 3.12. The van der Waals surface area contributed by atoms with Crippen molar-refractivity contribution < 1.29 is 9.32 Å². The average molecular weight is 465 g/mol. The van der Waals surface area contributed by atoms with Crippen molar-refractivity contribution in [3.63, 3.8) is 0 Å². The number of piperazine rings is 1. The molecule has 0 aliphatic carbocycles. The summed E-state index contributed by atoms with van der Waals surface area (Å²) in [6, 6.07) is 14.9. The van der Waals surface area contributed by atoms with E-state index in [1.54, 1.807) is 18.2 Å². The Bertz CT molecular complexity index is 1150. The van der Waals surface area contributed by atoms with Gasteiger partial charge < -0.3 is 14.7 Å². The number of benzene rings is 2. The van der Waals surface area contributed by atoms with Gasteiger partial charge in [-0.05, 0) is 25.1 Å². The Morgan fingerprint density at radius 2 is 1.88 bits per heavy atom. The van der Waals surface area contributed by atoms with Gasteiger partial charge in [-0.2, -0.15) is 10.2 Å². The van der Waals surface area contributed by atoms with E-state index in [0.29, 0.717) is 47.5 Å². The summed E-state index contributed by atoms with van der Waals surface area (Å²) < 4.78 is 5.44. The van der Waals surface area contributed by atoms with Gasteiger partial charge in [-0.15, -0.1) is 0 Å². The van der Waals surface area contributed by atoms with Crippen LogP contribution in [0.1, 0.15) is 23.4 Å². The van der Waals surface area contributed by atoms with Crippen LogP contribution in [0.3, 0.4) is 0 Å². The molecule has 170 valence electrons. The molecule has 0 saturated carbocycles. The summed E-state index contributed by atoms with van der Waals surface area (Å²) in [6.07, 6.45) is 0.390. The van der Waals surface area contributed by atoms with E-state index in [-0.39, 0.29) is 5.91 Å². The minimum atomic E-state index is -0.0762. The predicted octanol–water partition coefficient (Wildman–Crippen LogP) is 3.72. The smallest absolute Gasteiger partial charge is 0.241 e. The van der Waals surface area contributed by atoms with Gasteiger partial charge in [0, 0.05) is 50.4 Å². The van der Waals surface area contributed by atoms with Gasteiger partial charge >= 0.3 is 0 Å². The Hall–Kier alpha value is -3.25. The minimum absolute atomic E-state index is 0.0762. The van der Waals surface area contributed by atoms with Crippen LogP contribution in [0, 0.1) is 18.3 Å². The van der Waals surface area contributed by atoms with Crippen LogP contribution in [-0.2, 0) is 11.3 Å². The average Bonchev–Trinajstić information content (AvgIpc) is 3.28. The molecule has 1 aliphatic rings. The molecule has 1 aliphatic heterocycles. The lowest BCUT2D eigenvalue weighted by Gasteiger charge is -2.33. The highest BCUT2D eigenvalue weighted by Crippen LogP contribution is 2.20. The zero-order valence-corrected chi connectivity index (χ0v) is 19.2. The Kier molecular flexibility index (Phi) is 7.35. The van der Waals surface area contributed by atoms with Crippen LogP contribution in [-0.4, -0.2) is 58.6 Å². The highest BCUT2D eigenvalue weighted by molar-refractivity contribution is 6.32. The predicted molar refractivity (Wildman–Crippen MR) is 126 cm³/mol. The van der Waals surface area contributed by atoms with Crippen LogP contribution in [0.4, 0.5) is 5.69 Å². The van der Waals surface area contributed by atoms with Gasteiger partial charge in [-0.1, -0.05) is 46.6 Å². The number of hydrogen-bond donors (Lipinski definition) is 1. The summed E-state index contributed by atoms with van der Waals surface area (Å²) in [6.45, 7) is 6.82. The van der Waals surface area contributed by atoms with Crippen molar-refractivity contribution in [3.8, 4) is 17.5 Å². The third-order valence-corrected chi connectivity index (χ3v) is 5.94. The van der Waals surface area contributed by atoms with E-state index < -0.39 is 0 Å². The molecule has 1 fully saturated rings. The van der Waals surface area contributed by atoms with Crippen LogP contribution in [0.25, 0.3) is 11.4 Å². The molecule has 0 atom stereocenters. The highest BCUT2D eigenvalue weighted by atomic mass is 35.5. The summed E-state index contributed by atoms with van der Waals surface area (Å²) in [5, 5.41) is 16.2. The fourth-order valence-electron chi connectivity index (χ4n) is 3.67. The van der Waals surface area contributed by atoms with Crippen molar-refractivity contribution in [3.05, 3.63) is 64.5 Å². The molecule has 9 heteroatoms. The van der Waals surface area contributed by atoms with Gasteiger partial charge in [0.05, 0.1) is 17.1 Å². The Labute approximate surface area is 197 Å². The number of aromatic nitrogens is 2. The molecule has 1 saturated heterocycles. The third-order valence-electron chi connectivity index (χ3n) is 5.63. The first-order valence-corrected chi connectivity index (χ1v) is 11.2. The zero-order chi connectivity index (χ0) is 23.2. The lowest BCUT2D eigenvalue weighted by Crippen LogP contribution is -2.46. The second-order valence-electron chi connectivity index (χ2n) is 8.10.